The quantitative estimate of drug-likeness (QED) is 0.638. The molecule has 2 fully saturated rings. The fourth-order valence-corrected chi connectivity index (χ4v) is 2.85. The van der Waals surface area contributed by atoms with E-state index in [4.69, 9.17) is 0 Å². The maximum absolute atomic E-state index is 11.4. The van der Waals surface area contributed by atoms with Gasteiger partial charge in [-0.25, -0.2) is 0 Å². The predicted octanol–water partition coefficient (Wildman–Crippen LogP) is 1.14. The Kier molecular flexibility index (Phi) is 3.42. The molecular formula is C12H22N2O. The first-order chi connectivity index (χ1) is 7.27. The Hall–Kier alpha value is -0.410. The van der Waals surface area contributed by atoms with Crippen LogP contribution in [0, 0.1) is 0 Å². The van der Waals surface area contributed by atoms with Crippen molar-refractivity contribution in [2.45, 2.75) is 37.6 Å². The van der Waals surface area contributed by atoms with Crippen LogP contribution in [0.25, 0.3) is 0 Å². The highest BCUT2D eigenvalue weighted by atomic mass is 16.1. The molecule has 0 atom stereocenters. The highest BCUT2D eigenvalue weighted by Gasteiger charge is 2.39. The molecule has 15 heavy (non-hydrogen) atoms. The summed E-state index contributed by atoms with van der Waals surface area (Å²) in [7, 11) is 2.14. The van der Waals surface area contributed by atoms with Gasteiger partial charge in [0.1, 0.15) is 6.29 Å². The zero-order valence-electron chi connectivity index (χ0n) is 9.74. The number of hydrogen-bond acceptors (Lipinski definition) is 3. The molecule has 2 aliphatic rings. The third-order valence-electron chi connectivity index (χ3n) is 4.06. The molecule has 2 heterocycles. The first kappa shape index (κ1) is 11.1. The Morgan fingerprint density at radius 1 is 1.00 bits per heavy atom. The lowest BCUT2D eigenvalue weighted by Crippen LogP contribution is -2.57. The molecule has 0 bridgehead atoms. The molecule has 0 aliphatic carbocycles. The Morgan fingerprint density at radius 2 is 1.60 bits per heavy atom. The summed E-state index contributed by atoms with van der Waals surface area (Å²) in [6.07, 6.45) is 7.15. The standard InChI is InChI=1S/C12H22N2O/c1-13-9-5-12(11-15,6-10-13)14-7-3-2-4-8-14/h11H,2-10H2,1H3. The van der Waals surface area contributed by atoms with Crippen molar-refractivity contribution in [2.75, 3.05) is 33.2 Å². The van der Waals surface area contributed by atoms with Crippen LogP contribution in [0.2, 0.25) is 0 Å². The lowest BCUT2D eigenvalue weighted by Gasteiger charge is -2.46. The van der Waals surface area contributed by atoms with Gasteiger partial charge < -0.3 is 9.69 Å². The van der Waals surface area contributed by atoms with Gasteiger partial charge in [-0.2, -0.15) is 0 Å². The van der Waals surface area contributed by atoms with E-state index in [0.29, 0.717) is 0 Å². The van der Waals surface area contributed by atoms with Gasteiger partial charge in [0.05, 0.1) is 5.54 Å². The summed E-state index contributed by atoms with van der Waals surface area (Å²) in [5.41, 5.74) is -0.118. The van der Waals surface area contributed by atoms with Crippen molar-refractivity contribution in [3.05, 3.63) is 0 Å². The topological polar surface area (TPSA) is 23.6 Å². The smallest absolute Gasteiger partial charge is 0.140 e. The van der Waals surface area contributed by atoms with E-state index in [0.717, 1.165) is 39.0 Å². The summed E-state index contributed by atoms with van der Waals surface area (Å²) in [6, 6.07) is 0. The fourth-order valence-electron chi connectivity index (χ4n) is 2.85. The van der Waals surface area contributed by atoms with Crippen LogP contribution < -0.4 is 0 Å². The highest BCUT2D eigenvalue weighted by molar-refractivity contribution is 5.64. The summed E-state index contributed by atoms with van der Waals surface area (Å²) < 4.78 is 0. The maximum Gasteiger partial charge on any atom is 0.140 e. The molecule has 0 spiro atoms. The summed E-state index contributed by atoms with van der Waals surface area (Å²) >= 11 is 0. The third kappa shape index (κ3) is 2.23. The van der Waals surface area contributed by atoms with Gasteiger partial charge in [-0.05, 0) is 45.8 Å². The molecule has 0 N–H and O–H groups in total. The number of nitrogens with zero attached hydrogens (tertiary/aromatic N) is 2. The maximum atomic E-state index is 11.4. The molecule has 3 nitrogen and oxygen atoms in total. The van der Waals surface area contributed by atoms with Gasteiger partial charge in [-0.1, -0.05) is 6.42 Å². The van der Waals surface area contributed by atoms with Crippen molar-refractivity contribution in [3.8, 4) is 0 Å². The van der Waals surface area contributed by atoms with Gasteiger partial charge >= 0.3 is 0 Å². The van der Waals surface area contributed by atoms with Crippen molar-refractivity contribution in [3.63, 3.8) is 0 Å². The van der Waals surface area contributed by atoms with E-state index in [2.05, 4.69) is 16.8 Å². The summed E-state index contributed by atoms with van der Waals surface area (Å²) in [4.78, 5) is 16.2. The Balaban J connectivity index is 2.03. The van der Waals surface area contributed by atoms with Gasteiger partial charge in [0.25, 0.3) is 0 Å². The molecule has 2 aliphatic heterocycles. The lowest BCUT2D eigenvalue weighted by molar-refractivity contribution is -0.122. The van der Waals surface area contributed by atoms with E-state index >= 15 is 0 Å². The average molecular weight is 210 g/mol. The molecule has 0 amide bonds. The van der Waals surface area contributed by atoms with E-state index in [1.54, 1.807) is 0 Å². The highest BCUT2D eigenvalue weighted by Crippen LogP contribution is 2.29. The van der Waals surface area contributed by atoms with E-state index in [1.807, 2.05) is 0 Å². The minimum Gasteiger partial charge on any atom is -0.306 e. The number of aldehydes is 1. The van der Waals surface area contributed by atoms with E-state index < -0.39 is 0 Å². The van der Waals surface area contributed by atoms with Crippen molar-refractivity contribution in [1.29, 1.82) is 0 Å². The normalized spacial score (nSPS) is 28.9. The van der Waals surface area contributed by atoms with Gasteiger partial charge in [-0.15, -0.1) is 0 Å². The zero-order valence-corrected chi connectivity index (χ0v) is 9.74. The van der Waals surface area contributed by atoms with Crippen molar-refractivity contribution in [2.24, 2.45) is 0 Å². The summed E-state index contributed by atoms with van der Waals surface area (Å²) in [6.45, 7) is 4.38. The second kappa shape index (κ2) is 4.62. The average Bonchev–Trinajstić information content (AvgIpc) is 2.32. The number of hydrogen-bond donors (Lipinski definition) is 0. The van der Waals surface area contributed by atoms with E-state index in [-0.39, 0.29) is 5.54 Å². The third-order valence-corrected chi connectivity index (χ3v) is 4.06. The summed E-state index contributed by atoms with van der Waals surface area (Å²) in [5, 5.41) is 0. The molecule has 0 aromatic carbocycles. The Morgan fingerprint density at radius 3 is 2.13 bits per heavy atom. The van der Waals surface area contributed by atoms with Crippen molar-refractivity contribution < 1.29 is 4.79 Å². The molecule has 0 radical (unpaired) electrons. The molecule has 0 unspecified atom stereocenters. The first-order valence-corrected chi connectivity index (χ1v) is 6.17. The number of carbonyl (C=O) groups is 1. The molecule has 86 valence electrons. The van der Waals surface area contributed by atoms with Crippen LogP contribution in [-0.4, -0.2) is 54.9 Å². The van der Waals surface area contributed by atoms with Gasteiger partial charge in [-0.3, -0.25) is 4.90 Å². The molecular weight excluding hydrogens is 188 g/mol. The van der Waals surface area contributed by atoms with Crippen LogP contribution in [0.1, 0.15) is 32.1 Å². The number of likely N-dealkylation sites (tertiary alicyclic amines) is 2. The predicted molar refractivity (Wildman–Crippen MR) is 61.0 cm³/mol. The first-order valence-electron chi connectivity index (χ1n) is 6.17. The van der Waals surface area contributed by atoms with Gasteiger partial charge in [0.2, 0.25) is 0 Å². The van der Waals surface area contributed by atoms with Crippen molar-refractivity contribution >= 4 is 6.29 Å². The van der Waals surface area contributed by atoms with Gasteiger partial charge in [0.15, 0.2) is 0 Å². The van der Waals surface area contributed by atoms with E-state index in [9.17, 15) is 4.79 Å². The van der Waals surface area contributed by atoms with Crippen molar-refractivity contribution in [1.82, 2.24) is 9.80 Å². The van der Waals surface area contributed by atoms with Gasteiger partial charge in [0, 0.05) is 13.1 Å². The zero-order chi connectivity index (χ0) is 10.7. The minimum atomic E-state index is -0.118. The molecule has 3 heteroatoms. The number of rotatable bonds is 2. The molecule has 0 aromatic rings. The van der Waals surface area contributed by atoms with Crippen LogP contribution >= 0.6 is 0 Å². The van der Waals surface area contributed by atoms with Crippen LogP contribution in [0.15, 0.2) is 0 Å². The molecule has 2 rings (SSSR count). The second-order valence-corrected chi connectivity index (χ2v) is 5.07. The van der Waals surface area contributed by atoms with Crippen LogP contribution in [0.3, 0.4) is 0 Å². The monoisotopic (exact) mass is 210 g/mol. The largest absolute Gasteiger partial charge is 0.306 e. The van der Waals surface area contributed by atoms with Crippen LogP contribution in [0.4, 0.5) is 0 Å². The second-order valence-electron chi connectivity index (χ2n) is 5.07. The Bertz CT molecular complexity index is 216. The number of carbonyl (C=O) groups excluding carboxylic acids is 1. The van der Waals surface area contributed by atoms with Crippen LogP contribution in [-0.2, 0) is 4.79 Å². The SMILES string of the molecule is CN1CCC(C=O)(N2CCCCC2)CC1. The number of piperidine rings is 2. The Labute approximate surface area is 92.4 Å². The summed E-state index contributed by atoms with van der Waals surface area (Å²) in [5.74, 6) is 0. The van der Waals surface area contributed by atoms with Crippen LogP contribution in [0.5, 0.6) is 0 Å². The fraction of sp³-hybridized carbons (Fsp3) is 0.917. The lowest BCUT2D eigenvalue weighted by atomic mass is 9.86. The molecule has 0 saturated carbocycles. The minimum absolute atomic E-state index is 0.118. The van der Waals surface area contributed by atoms with E-state index in [1.165, 1.54) is 25.5 Å². The molecule has 2 saturated heterocycles. The molecule has 0 aromatic heterocycles.